The fraction of sp³-hybridized carbons (Fsp3) is 0.562. The van der Waals surface area contributed by atoms with Gasteiger partial charge in [0.05, 0.1) is 11.6 Å². The maximum absolute atomic E-state index is 14.2. The van der Waals surface area contributed by atoms with E-state index in [1.807, 2.05) is 42.5 Å². The molecule has 2 aliphatic heterocycles. The largest absolute Gasteiger partial charge is 0.293 e. The quantitative estimate of drug-likeness (QED) is 0.191. The van der Waals surface area contributed by atoms with Gasteiger partial charge in [0, 0.05) is 16.1 Å². The topological polar surface area (TPSA) is 40.6 Å². The van der Waals surface area contributed by atoms with Crippen molar-refractivity contribution in [3.63, 3.8) is 0 Å². The highest BCUT2D eigenvalue weighted by molar-refractivity contribution is 6.30. The van der Waals surface area contributed by atoms with Gasteiger partial charge in [-0.3, -0.25) is 19.4 Å². The van der Waals surface area contributed by atoms with Crippen molar-refractivity contribution < 1.29 is 9.59 Å². The highest BCUT2D eigenvalue weighted by atomic mass is 35.5. The van der Waals surface area contributed by atoms with E-state index >= 15 is 0 Å². The summed E-state index contributed by atoms with van der Waals surface area (Å²) in [7, 11) is 0. The smallest absolute Gasteiger partial charge is 0.183 e. The van der Waals surface area contributed by atoms with Crippen LogP contribution >= 0.6 is 11.6 Å². The first-order valence-electron chi connectivity index (χ1n) is 14.4. The van der Waals surface area contributed by atoms with E-state index in [2.05, 4.69) is 16.7 Å². The maximum Gasteiger partial charge on any atom is 0.183 e. The molecule has 4 rings (SSSR count). The Bertz CT molecular complexity index is 997. The van der Waals surface area contributed by atoms with Crippen molar-refractivity contribution in [2.45, 2.75) is 89.1 Å². The molecule has 2 aromatic rings. The molecule has 0 aromatic heterocycles. The molecule has 2 fully saturated rings. The molecule has 2 aliphatic rings. The van der Waals surface area contributed by atoms with Crippen LogP contribution in [0.25, 0.3) is 0 Å². The van der Waals surface area contributed by atoms with Crippen molar-refractivity contribution in [1.82, 2.24) is 9.80 Å². The molecule has 2 atom stereocenters. The number of benzene rings is 2. The molecule has 4 nitrogen and oxygen atoms in total. The predicted molar refractivity (Wildman–Crippen MR) is 153 cm³/mol. The number of hydrogen-bond acceptors (Lipinski definition) is 4. The zero-order valence-electron chi connectivity index (χ0n) is 22.5. The Hall–Kier alpha value is -2.01. The Morgan fingerprint density at radius 2 is 1.43 bits per heavy atom. The fourth-order valence-corrected chi connectivity index (χ4v) is 6.54. The molecule has 200 valence electrons. The highest BCUT2D eigenvalue weighted by Crippen LogP contribution is 2.36. The normalized spacial score (nSPS) is 19.1. The van der Waals surface area contributed by atoms with Crippen LogP contribution in [0.1, 0.15) is 98.3 Å². The van der Waals surface area contributed by atoms with Crippen LogP contribution in [0.4, 0.5) is 0 Å². The molecule has 2 heterocycles. The van der Waals surface area contributed by atoms with Gasteiger partial charge in [-0.05, 0) is 102 Å². The van der Waals surface area contributed by atoms with Crippen LogP contribution in [0.3, 0.4) is 0 Å². The summed E-state index contributed by atoms with van der Waals surface area (Å²) < 4.78 is 0. The molecule has 0 amide bonds. The molecule has 0 bridgehead atoms. The Morgan fingerprint density at radius 1 is 0.811 bits per heavy atom. The van der Waals surface area contributed by atoms with Crippen LogP contribution < -0.4 is 0 Å². The van der Waals surface area contributed by atoms with Gasteiger partial charge < -0.3 is 0 Å². The van der Waals surface area contributed by atoms with Gasteiger partial charge in [0.25, 0.3) is 0 Å². The van der Waals surface area contributed by atoms with Crippen molar-refractivity contribution in [1.29, 1.82) is 0 Å². The molecule has 0 radical (unpaired) electrons. The van der Waals surface area contributed by atoms with Gasteiger partial charge in [-0.2, -0.15) is 0 Å². The maximum atomic E-state index is 14.2. The number of carbonyl (C=O) groups excluding carboxylic acids is 2. The summed E-state index contributed by atoms with van der Waals surface area (Å²) in [4.78, 5) is 32.8. The molecule has 37 heavy (non-hydrogen) atoms. The lowest BCUT2D eigenvalue weighted by Crippen LogP contribution is -2.54. The van der Waals surface area contributed by atoms with Gasteiger partial charge >= 0.3 is 0 Å². The minimum atomic E-state index is -0.480. The van der Waals surface area contributed by atoms with Gasteiger partial charge in [0.2, 0.25) is 0 Å². The van der Waals surface area contributed by atoms with E-state index in [1.54, 1.807) is 12.1 Å². The third-order valence-corrected chi connectivity index (χ3v) is 8.70. The first kappa shape index (κ1) is 28.0. The van der Waals surface area contributed by atoms with E-state index in [0.29, 0.717) is 5.02 Å². The number of rotatable bonds is 14. The molecule has 2 unspecified atom stereocenters. The third kappa shape index (κ3) is 6.90. The minimum Gasteiger partial charge on any atom is -0.293 e. The summed E-state index contributed by atoms with van der Waals surface area (Å²) in [6, 6.07) is 17.1. The van der Waals surface area contributed by atoms with Crippen LogP contribution in [0.15, 0.2) is 54.6 Å². The van der Waals surface area contributed by atoms with Crippen molar-refractivity contribution >= 4 is 23.2 Å². The monoisotopic (exact) mass is 522 g/mol. The first-order valence-corrected chi connectivity index (χ1v) is 14.8. The van der Waals surface area contributed by atoms with Gasteiger partial charge in [-0.25, -0.2) is 0 Å². The second-order valence-corrected chi connectivity index (χ2v) is 11.3. The van der Waals surface area contributed by atoms with Crippen molar-refractivity contribution in [3.8, 4) is 0 Å². The Labute approximate surface area is 228 Å². The zero-order valence-corrected chi connectivity index (χ0v) is 23.2. The number of Topliss-reactive ketones (excluding diaryl/α,β-unsaturated/α-hetero) is 2. The van der Waals surface area contributed by atoms with E-state index in [1.165, 1.54) is 0 Å². The van der Waals surface area contributed by atoms with Crippen molar-refractivity contribution in [2.24, 2.45) is 0 Å². The molecular weight excluding hydrogens is 480 g/mol. The number of unbranched alkanes of at least 4 members (excludes halogenated alkanes) is 2. The molecule has 0 N–H and O–H groups in total. The van der Waals surface area contributed by atoms with E-state index in [0.717, 1.165) is 108 Å². The summed E-state index contributed by atoms with van der Waals surface area (Å²) >= 11 is 6.09. The summed E-state index contributed by atoms with van der Waals surface area (Å²) in [5.41, 5.74) is 1.07. The van der Waals surface area contributed by atoms with E-state index in [4.69, 9.17) is 11.6 Å². The first-order chi connectivity index (χ1) is 18.0. The summed E-state index contributed by atoms with van der Waals surface area (Å²) in [5.74, 6) is 0.457. The van der Waals surface area contributed by atoms with Gasteiger partial charge in [-0.1, -0.05) is 68.1 Å². The van der Waals surface area contributed by atoms with Crippen LogP contribution in [0.2, 0.25) is 5.02 Å². The minimum absolute atomic E-state index is 0.137. The molecule has 2 aromatic carbocycles. The van der Waals surface area contributed by atoms with Crippen LogP contribution in [0, 0.1) is 0 Å². The number of ketones is 2. The third-order valence-electron chi connectivity index (χ3n) is 8.44. The van der Waals surface area contributed by atoms with Crippen molar-refractivity contribution in [2.75, 3.05) is 26.2 Å². The molecular formula is C32H43ClN2O2. The Balaban J connectivity index is 1.57. The Morgan fingerprint density at radius 3 is 2.08 bits per heavy atom. The summed E-state index contributed by atoms with van der Waals surface area (Å²) in [6.45, 7) is 6.15. The second-order valence-electron chi connectivity index (χ2n) is 10.9. The van der Waals surface area contributed by atoms with E-state index in [9.17, 15) is 9.59 Å². The number of carbonyl (C=O) groups is 2. The molecule has 0 aliphatic carbocycles. The van der Waals surface area contributed by atoms with Gasteiger partial charge in [0.15, 0.2) is 11.6 Å². The molecule has 5 heteroatoms. The Kier molecular flexibility index (Phi) is 10.4. The predicted octanol–water partition coefficient (Wildman–Crippen LogP) is 7.46. The lowest BCUT2D eigenvalue weighted by Gasteiger charge is -2.42. The van der Waals surface area contributed by atoms with Crippen LogP contribution in [0.5, 0.6) is 0 Å². The lowest BCUT2D eigenvalue weighted by atomic mass is 9.78. The second kappa shape index (κ2) is 13.7. The average Bonchev–Trinajstić information content (AvgIpc) is 3.66. The fourth-order valence-electron chi connectivity index (χ4n) is 6.41. The van der Waals surface area contributed by atoms with E-state index < -0.39 is 5.54 Å². The standard InChI is InChI=1S/C32H43ClN2O2/c1-2-3-7-20-32(35-24-10-11-25-35,31(37)27-13-5-4-6-14-27)21-12-15-29(34-22-8-9-23-34)30(36)26-16-18-28(33)19-17-26/h4-6,13-14,16-19,29H,2-3,7-12,15,20-25H2,1H3. The number of likely N-dealkylation sites (tertiary alicyclic amines) is 2. The summed E-state index contributed by atoms with van der Waals surface area (Å²) in [5, 5.41) is 0.649. The van der Waals surface area contributed by atoms with Gasteiger partial charge in [0.1, 0.15) is 0 Å². The van der Waals surface area contributed by atoms with Crippen molar-refractivity contribution in [3.05, 3.63) is 70.7 Å². The molecule has 2 saturated heterocycles. The molecule has 0 spiro atoms. The lowest BCUT2D eigenvalue weighted by molar-refractivity contribution is 0.0518. The number of hydrogen-bond donors (Lipinski definition) is 0. The number of halogens is 1. The molecule has 0 saturated carbocycles. The van der Waals surface area contributed by atoms with Crippen LogP contribution in [-0.4, -0.2) is 59.1 Å². The van der Waals surface area contributed by atoms with E-state index in [-0.39, 0.29) is 17.6 Å². The van der Waals surface area contributed by atoms with Gasteiger partial charge in [-0.15, -0.1) is 0 Å². The summed E-state index contributed by atoms with van der Waals surface area (Å²) in [6.07, 6.45) is 11.3. The zero-order chi connectivity index (χ0) is 26.1. The highest BCUT2D eigenvalue weighted by Gasteiger charge is 2.44. The van der Waals surface area contributed by atoms with Crippen LogP contribution in [-0.2, 0) is 0 Å². The average molecular weight is 523 g/mol. The number of nitrogens with zero attached hydrogens (tertiary/aromatic N) is 2. The SMILES string of the molecule is CCCCCC(CCCC(C(=O)c1ccc(Cl)cc1)N1CCCC1)(C(=O)c1ccccc1)N1CCCC1.